The first kappa shape index (κ1) is 14.0. The molecular weight excluding hydrogens is 264 g/mol. The molecule has 0 saturated carbocycles. The van der Waals surface area contributed by atoms with E-state index in [4.69, 9.17) is 0 Å². The van der Waals surface area contributed by atoms with Crippen LogP contribution >= 0.6 is 0 Å². The monoisotopic (exact) mass is 282 g/mol. The van der Waals surface area contributed by atoms with Crippen LogP contribution in [-0.4, -0.2) is 38.0 Å². The maximum Gasteiger partial charge on any atom is 0.226 e. The number of hydrogen-bond acceptors (Lipinski definition) is 3. The number of hydrogen-bond donors (Lipinski definition) is 1. The summed E-state index contributed by atoms with van der Waals surface area (Å²) in [6, 6.07) is 9.61. The molecule has 5 nitrogen and oxygen atoms in total. The van der Waals surface area contributed by atoms with Gasteiger partial charge in [0.1, 0.15) is 0 Å². The minimum Gasteiger partial charge on any atom is -0.349 e. The summed E-state index contributed by atoms with van der Waals surface area (Å²) < 4.78 is 23.7. The van der Waals surface area contributed by atoms with E-state index in [-0.39, 0.29) is 31.0 Å². The van der Waals surface area contributed by atoms with Gasteiger partial charge in [0, 0.05) is 13.1 Å². The number of nitrogens with zero attached hydrogens (tertiary/aromatic N) is 1. The Labute approximate surface area is 113 Å². The van der Waals surface area contributed by atoms with Crippen molar-refractivity contribution >= 4 is 15.9 Å². The zero-order chi connectivity index (χ0) is 14.0. The van der Waals surface area contributed by atoms with Crippen LogP contribution < -0.4 is 5.32 Å². The Bertz CT molecular complexity index is 551. The SMILES string of the molecule is C[C@H](NC(=O)C1CN(S(C)(=O)=O)C1)c1ccccc1. The van der Waals surface area contributed by atoms with Gasteiger partial charge < -0.3 is 5.32 Å². The number of rotatable bonds is 4. The van der Waals surface area contributed by atoms with Crippen LogP contribution in [0.4, 0.5) is 0 Å². The summed E-state index contributed by atoms with van der Waals surface area (Å²) in [5.74, 6) is -0.322. The second-order valence-corrected chi connectivity index (χ2v) is 6.90. The second kappa shape index (κ2) is 5.30. The Morgan fingerprint density at radius 1 is 1.32 bits per heavy atom. The van der Waals surface area contributed by atoms with E-state index in [9.17, 15) is 13.2 Å². The molecule has 2 rings (SSSR count). The third kappa shape index (κ3) is 3.33. The highest BCUT2D eigenvalue weighted by molar-refractivity contribution is 7.88. The molecule has 1 aromatic rings. The number of carbonyl (C=O) groups excluding carboxylic acids is 1. The van der Waals surface area contributed by atoms with Crippen molar-refractivity contribution in [3.05, 3.63) is 35.9 Å². The standard InChI is InChI=1S/C13H18N2O3S/c1-10(11-6-4-3-5-7-11)14-13(16)12-8-15(9-12)19(2,17)18/h3-7,10,12H,8-9H2,1-2H3,(H,14,16)/t10-/m0/s1. The highest BCUT2D eigenvalue weighted by atomic mass is 32.2. The van der Waals surface area contributed by atoms with Gasteiger partial charge in [0.25, 0.3) is 0 Å². The first-order chi connectivity index (χ1) is 8.88. The van der Waals surface area contributed by atoms with E-state index in [1.807, 2.05) is 37.3 Å². The van der Waals surface area contributed by atoms with E-state index in [0.29, 0.717) is 0 Å². The van der Waals surface area contributed by atoms with E-state index in [0.717, 1.165) is 11.8 Å². The van der Waals surface area contributed by atoms with E-state index in [2.05, 4.69) is 5.32 Å². The lowest BCUT2D eigenvalue weighted by molar-refractivity contribution is -0.128. The van der Waals surface area contributed by atoms with Gasteiger partial charge in [-0.3, -0.25) is 4.79 Å². The molecule has 19 heavy (non-hydrogen) atoms. The molecule has 0 aliphatic carbocycles. The zero-order valence-electron chi connectivity index (χ0n) is 11.0. The molecule has 1 aromatic carbocycles. The van der Waals surface area contributed by atoms with Crippen LogP contribution in [0, 0.1) is 5.92 Å². The van der Waals surface area contributed by atoms with Crippen LogP contribution in [-0.2, 0) is 14.8 Å². The summed E-state index contributed by atoms with van der Waals surface area (Å²) in [7, 11) is -3.16. The lowest BCUT2D eigenvalue weighted by Gasteiger charge is -2.36. The lowest BCUT2D eigenvalue weighted by Crippen LogP contribution is -2.55. The number of sulfonamides is 1. The second-order valence-electron chi connectivity index (χ2n) is 4.92. The van der Waals surface area contributed by atoms with Gasteiger partial charge in [0.05, 0.1) is 18.2 Å². The Balaban J connectivity index is 1.87. The van der Waals surface area contributed by atoms with Crippen LogP contribution in [0.1, 0.15) is 18.5 Å². The van der Waals surface area contributed by atoms with E-state index in [1.54, 1.807) is 0 Å². The average Bonchev–Trinajstić information content (AvgIpc) is 2.26. The van der Waals surface area contributed by atoms with E-state index < -0.39 is 10.0 Å². The summed E-state index contributed by atoms with van der Waals surface area (Å²) in [6.45, 7) is 2.48. The van der Waals surface area contributed by atoms with Crippen molar-refractivity contribution in [1.29, 1.82) is 0 Å². The van der Waals surface area contributed by atoms with Gasteiger partial charge in [0.15, 0.2) is 0 Å². The van der Waals surface area contributed by atoms with E-state index in [1.165, 1.54) is 4.31 Å². The normalized spacial score (nSPS) is 18.6. The van der Waals surface area contributed by atoms with Gasteiger partial charge in [-0.1, -0.05) is 30.3 Å². The topological polar surface area (TPSA) is 66.5 Å². The summed E-state index contributed by atoms with van der Waals surface area (Å²) in [4.78, 5) is 11.9. The molecule has 1 saturated heterocycles. The molecule has 0 spiro atoms. The summed E-state index contributed by atoms with van der Waals surface area (Å²) >= 11 is 0. The van der Waals surface area contributed by atoms with E-state index >= 15 is 0 Å². The Hall–Kier alpha value is -1.40. The van der Waals surface area contributed by atoms with Gasteiger partial charge in [-0.05, 0) is 12.5 Å². The van der Waals surface area contributed by atoms with Crippen LogP contribution in [0.2, 0.25) is 0 Å². The van der Waals surface area contributed by atoms with Crippen molar-refractivity contribution in [2.75, 3.05) is 19.3 Å². The van der Waals surface area contributed by atoms with Gasteiger partial charge in [-0.2, -0.15) is 0 Å². The molecule has 1 atom stereocenters. The first-order valence-corrected chi connectivity index (χ1v) is 8.03. The maximum absolute atomic E-state index is 11.9. The molecule has 1 aliphatic rings. The molecule has 6 heteroatoms. The van der Waals surface area contributed by atoms with Crippen molar-refractivity contribution in [3.63, 3.8) is 0 Å². The third-order valence-electron chi connectivity index (χ3n) is 3.35. The minimum absolute atomic E-state index is 0.0685. The van der Waals surface area contributed by atoms with Crippen LogP contribution in [0.25, 0.3) is 0 Å². The molecule has 0 unspecified atom stereocenters. The van der Waals surface area contributed by atoms with Crippen molar-refractivity contribution in [2.24, 2.45) is 5.92 Å². The quantitative estimate of drug-likeness (QED) is 0.886. The van der Waals surface area contributed by atoms with Crippen molar-refractivity contribution < 1.29 is 13.2 Å². The molecule has 0 radical (unpaired) electrons. The van der Waals surface area contributed by atoms with Crippen LogP contribution in [0.15, 0.2) is 30.3 Å². The lowest BCUT2D eigenvalue weighted by atomic mass is 10.0. The Morgan fingerprint density at radius 2 is 1.89 bits per heavy atom. The molecule has 1 amide bonds. The molecule has 104 valence electrons. The highest BCUT2D eigenvalue weighted by Crippen LogP contribution is 2.20. The zero-order valence-corrected chi connectivity index (χ0v) is 11.9. The number of nitrogens with one attached hydrogen (secondary N) is 1. The van der Waals surface area contributed by atoms with Crippen molar-refractivity contribution in [3.8, 4) is 0 Å². The molecule has 1 fully saturated rings. The van der Waals surface area contributed by atoms with Gasteiger partial charge in [0.2, 0.25) is 15.9 Å². The fraction of sp³-hybridized carbons (Fsp3) is 0.462. The van der Waals surface area contributed by atoms with Crippen molar-refractivity contribution in [2.45, 2.75) is 13.0 Å². The van der Waals surface area contributed by atoms with Gasteiger partial charge >= 0.3 is 0 Å². The predicted octanol–water partition coefficient (Wildman–Crippen LogP) is 0.755. The van der Waals surface area contributed by atoms with Gasteiger partial charge in [-0.15, -0.1) is 0 Å². The summed E-state index contributed by atoms with van der Waals surface area (Å²) in [5, 5.41) is 2.91. The molecule has 0 aromatic heterocycles. The minimum atomic E-state index is -3.16. The molecule has 1 heterocycles. The Kier molecular flexibility index (Phi) is 3.91. The molecule has 1 N–H and O–H groups in total. The fourth-order valence-corrected chi connectivity index (χ4v) is 2.93. The smallest absolute Gasteiger partial charge is 0.226 e. The molecule has 0 bridgehead atoms. The summed E-state index contributed by atoms with van der Waals surface area (Å²) in [5.41, 5.74) is 1.04. The average molecular weight is 282 g/mol. The predicted molar refractivity (Wildman–Crippen MR) is 72.9 cm³/mol. The van der Waals surface area contributed by atoms with Gasteiger partial charge in [-0.25, -0.2) is 12.7 Å². The largest absolute Gasteiger partial charge is 0.349 e. The van der Waals surface area contributed by atoms with Crippen LogP contribution in [0.3, 0.4) is 0 Å². The highest BCUT2D eigenvalue weighted by Gasteiger charge is 2.37. The number of amides is 1. The first-order valence-electron chi connectivity index (χ1n) is 6.18. The number of carbonyl (C=O) groups is 1. The van der Waals surface area contributed by atoms with Crippen LogP contribution in [0.5, 0.6) is 0 Å². The number of benzene rings is 1. The molecule has 1 aliphatic heterocycles. The Morgan fingerprint density at radius 3 is 2.42 bits per heavy atom. The maximum atomic E-state index is 11.9. The fourth-order valence-electron chi connectivity index (χ4n) is 2.03. The summed E-state index contributed by atoms with van der Waals surface area (Å²) in [6.07, 6.45) is 1.16. The third-order valence-corrected chi connectivity index (χ3v) is 4.58. The van der Waals surface area contributed by atoms with Crippen molar-refractivity contribution in [1.82, 2.24) is 9.62 Å². The molecular formula is C13H18N2O3S.